The molecule has 0 aromatic heterocycles. The van der Waals surface area contributed by atoms with E-state index in [9.17, 15) is 23.2 Å². The molecule has 0 aliphatic heterocycles. The van der Waals surface area contributed by atoms with Gasteiger partial charge in [-0.15, -0.1) is 0 Å². The molecule has 10 heteroatoms. The Kier molecular flexibility index (Phi) is 5.98. The van der Waals surface area contributed by atoms with Crippen molar-refractivity contribution in [3.8, 4) is 11.5 Å². The van der Waals surface area contributed by atoms with Crippen LogP contribution in [0.25, 0.3) is 0 Å². The van der Waals surface area contributed by atoms with Crippen LogP contribution >= 0.6 is 46.4 Å². The molecule has 0 saturated carbocycles. The van der Waals surface area contributed by atoms with E-state index in [-0.39, 0.29) is 36.8 Å². The van der Waals surface area contributed by atoms with Crippen LogP contribution < -0.4 is 0 Å². The van der Waals surface area contributed by atoms with E-state index < -0.39 is 26.4 Å². The van der Waals surface area contributed by atoms with E-state index in [1.807, 2.05) is 0 Å². The van der Waals surface area contributed by atoms with Crippen LogP contribution in [0.5, 0.6) is 11.5 Å². The second kappa shape index (κ2) is 7.87. The quantitative estimate of drug-likeness (QED) is 0.239. The van der Waals surface area contributed by atoms with Gasteiger partial charge in [0.25, 0.3) is 10.1 Å². The van der Waals surface area contributed by atoms with Gasteiger partial charge in [0.15, 0.2) is 4.75 Å². The molecule has 1 unspecified atom stereocenters. The summed E-state index contributed by atoms with van der Waals surface area (Å²) in [5, 5.41) is 20.6. The van der Waals surface area contributed by atoms with E-state index in [0.717, 1.165) is 0 Å². The predicted octanol–water partition coefficient (Wildman–Crippen LogP) is 5.89. The Balaban J connectivity index is 2.68. The van der Waals surface area contributed by atoms with E-state index in [1.54, 1.807) is 0 Å². The summed E-state index contributed by atoms with van der Waals surface area (Å²) in [7, 11) is -5.18. The molecule has 0 amide bonds. The first-order valence-electron chi connectivity index (χ1n) is 7.90. The molecule has 0 aliphatic carbocycles. The molecule has 0 spiro atoms. The molecule has 0 saturated heterocycles. The highest BCUT2D eigenvalue weighted by Gasteiger charge is 2.53. The monoisotopic (exact) mass is 492 g/mol. The van der Waals surface area contributed by atoms with E-state index in [2.05, 4.69) is 0 Å². The molecule has 0 fully saturated rings. The molecule has 29 heavy (non-hydrogen) atoms. The number of para-hydroxylation sites is 2. The summed E-state index contributed by atoms with van der Waals surface area (Å²) in [6.45, 7) is 0. The Morgan fingerprint density at radius 3 is 2.00 bits per heavy atom. The van der Waals surface area contributed by atoms with Crippen LogP contribution in [-0.2, 0) is 14.9 Å². The Labute approximate surface area is 186 Å². The van der Waals surface area contributed by atoms with Crippen molar-refractivity contribution in [2.75, 3.05) is 0 Å². The molecule has 3 N–H and O–H groups in total. The van der Waals surface area contributed by atoms with Crippen molar-refractivity contribution >= 4 is 56.5 Å². The third-order valence-corrected chi connectivity index (χ3v) is 7.17. The molecule has 3 aromatic rings. The van der Waals surface area contributed by atoms with Crippen LogP contribution in [0.15, 0.2) is 54.6 Å². The summed E-state index contributed by atoms with van der Waals surface area (Å²) < 4.78 is 33.9. The van der Waals surface area contributed by atoms with Crippen LogP contribution in [0.2, 0.25) is 20.1 Å². The first-order chi connectivity index (χ1) is 13.5. The predicted molar refractivity (Wildman–Crippen MR) is 114 cm³/mol. The van der Waals surface area contributed by atoms with Gasteiger partial charge in [0.1, 0.15) is 11.5 Å². The van der Waals surface area contributed by atoms with Crippen LogP contribution in [0, 0.1) is 0 Å². The van der Waals surface area contributed by atoms with Crippen molar-refractivity contribution in [2.45, 2.75) is 4.75 Å². The lowest BCUT2D eigenvalue weighted by Crippen LogP contribution is -2.38. The smallest absolute Gasteiger partial charge is 0.283 e. The zero-order valence-corrected chi connectivity index (χ0v) is 18.1. The summed E-state index contributed by atoms with van der Waals surface area (Å²) in [5.41, 5.74) is -0.923. The SMILES string of the molecule is O=S(=O)(O)C(c1ccccc1O)(c1cccc(Cl)c1O)c1cc(Cl)cc(Cl)c1Cl. The first-order valence-corrected chi connectivity index (χ1v) is 10.9. The number of rotatable bonds is 4. The average Bonchev–Trinajstić information content (AvgIpc) is 2.63. The second-order valence-electron chi connectivity index (χ2n) is 6.06. The number of phenolic OH excluding ortho intramolecular Hbond substituents is 2. The van der Waals surface area contributed by atoms with Crippen LogP contribution in [-0.4, -0.2) is 23.2 Å². The number of halogens is 4. The van der Waals surface area contributed by atoms with Crippen LogP contribution in [0.1, 0.15) is 16.7 Å². The summed E-state index contributed by atoms with van der Waals surface area (Å²) >= 11 is 24.6. The van der Waals surface area contributed by atoms with Crippen molar-refractivity contribution < 1.29 is 23.2 Å². The summed E-state index contributed by atoms with van der Waals surface area (Å²) in [5.74, 6) is -1.13. The zero-order valence-electron chi connectivity index (χ0n) is 14.3. The van der Waals surface area contributed by atoms with Gasteiger partial charge >= 0.3 is 0 Å². The van der Waals surface area contributed by atoms with E-state index in [4.69, 9.17) is 46.4 Å². The normalized spacial score (nSPS) is 13.8. The van der Waals surface area contributed by atoms with Gasteiger partial charge in [0, 0.05) is 21.7 Å². The number of hydrogen-bond acceptors (Lipinski definition) is 4. The van der Waals surface area contributed by atoms with Gasteiger partial charge in [0.2, 0.25) is 0 Å². The van der Waals surface area contributed by atoms with Gasteiger partial charge in [0.05, 0.1) is 15.1 Å². The second-order valence-corrected chi connectivity index (χ2v) is 9.25. The first kappa shape index (κ1) is 22.0. The third-order valence-electron chi connectivity index (χ3n) is 4.41. The number of benzene rings is 3. The molecule has 0 heterocycles. The molecule has 3 rings (SSSR count). The molecule has 5 nitrogen and oxygen atoms in total. The molecule has 0 aliphatic rings. The highest BCUT2D eigenvalue weighted by Crippen LogP contribution is 2.53. The minimum Gasteiger partial charge on any atom is -0.508 e. The van der Waals surface area contributed by atoms with Crippen LogP contribution in [0.4, 0.5) is 0 Å². The maximum atomic E-state index is 13.0. The van der Waals surface area contributed by atoms with Gasteiger partial charge in [-0.25, -0.2) is 0 Å². The van der Waals surface area contributed by atoms with E-state index in [0.29, 0.717) is 0 Å². The molecular formula is C19H12Cl4O5S. The van der Waals surface area contributed by atoms with Crippen molar-refractivity contribution in [1.29, 1.82) is 0 Å². The van der Waals surface area contributed by atoms with Gasteiger partial charge in [-0.05, 0) is 24.3 Å². The number of hydrogen-bond donors (Lipinski definition) is 3. The molecule has 3 aromatic carbocycles. The van der Waals surface area contributed by atoms with Gasteiger partial charge in [-0.3, -0.25) is 4.55 Å². The maximum absolute atomic E-state index is 13.0. The summed E-state index contributed by atoms with van der Waals surface area (Å²) in [6.07, 6.45) is 0. The van der Waals surface area contributed by atoms with Crippen molar-refractivity contribution in [1.82, 2.24) is 0 Å². The molecule has 1 atom stereocenters. The largest absolute Gasteiger partial charge is 0.508 e. The Bertz CT molecular complexity index is 1210. The van der Waals surface area contributed by atoms with Crippen LogP contribution in [0.3, 0.4) is 0 Å². The molecular weight excluding hydrogens is 482 g/mol. The molecule has 0 bridgehead atoms. The van der Waals surface area contributed by atoms with Crippen molar-refractivity contribution in [3.63, 3.8) is 0 Å². The Morgan fingerprint density at radius 2 is 1.38 bits per heavy atom. The maximum Gasteiger partial charge on any atom is 0.283 e. The highest BCUT2D eigenvalue weighted by molar-refractivity contribution is 7.87. The third kappa shape index (κ3) is 3.54. The van der Waals surface area contributed by atoms with Gasteiger partial charge < -0.3 is 10.2 Å². The zero-order chi connectivity index (χ0) is 21.6. The van der Waals surface area contributed by atoms with Gasteiger partial charge in [-0.2, -0.15) is 8.42 Å². The standard InChI is InChI=1S/C19H12Cl4O5S/c20-10-8-13(17(23)15(22)9-10)19(29(26,27)28,11-4-1-2-7-16(11)24)12-5-3-6-14(21)18(12)25/h1-9,24-25H,(H,26,27,28). The minimum atomic E-state index is -5.18. The average molecular weight is 494 g/mol. The number of phenols is 2. The number of aromatic hydroxyl groups is 2. The molecule has 152 valence electrons. The lowest BCUT2D eigenvalue weighted by molar-refractivity contribution is 0.428. The summed E-state index contributed by atoms with van der Waals surface area (Å²) in [6, 6.07) is 11.8. The lowest BCUT2D eigenvalue weighted by Gasteiger charge is -2.34. The fraction of sp³-hybridized carbons (Fsp3) is 0.0526. The molecule has 0 radical (unpaired) electrons. The van der Waals surface area contributed by atoms with Gasteiger partial charge in [-0.1, -0.05) is 76.7 Å². The Morgan fingerprint density at radius 1 is 0.759 bits per heavy atom. The van der Waals surface area contributed by atoms with E-state index in [1.165, 1.54) is 54.6 Å². The minimum absolute atomic E-state index is 0.0133. The van der Waals surface area contributed by atoms with Crippen molar-refractivity contribution in [2.24, 2.45) is 0 Å². The fourth-order valence-electron chi connectivity index (χ4n) is 3.24. The van der Waals surface area contributed by atoms with Crippen molar-refractivity contribution in [3.05, 3.63) is 91.4 Å². The Hall–Kier alpha value is -1.67. The van der Waals surface area contributed by atoms with E-state index >= 15 is 0 Å². The topological polar surface area (TPSA) is 94.8 Å². The summed E-state index contributed by atoms with van der Waals surface area (Å²) in [4.78, 5) is 0. The fourth-order valence-corrected chi connectivity index (χ4v) is 5.54. The highest BCUT2D eigenvalue weighted by atomic mass is 35.5. The lowest BCUT2D eigenvalue weighted by atomic mass is 9.83.